The summed E-state index contributed by atoms with van der Waals surface area (Å²) in [5.41, 5.74) is 9.60. The first-order valence-corrected chi connectivity index (χ1v) is 7.79. The van der Waals surface area contributed by atoms with Crippen molar-refractivity contribution in [1.82, 2.24) is 9.78 Å². The number of methoxy groups -OCH3 is 1. The third-order valence-electron chi connectivity index (χ3n) is 4.03. The Morgan fingerprint density at radius 3 is 2.54 bits per heavy atom. The molecular formula is C19H20FN3O. The van der Waals surface area contributed by atoms with Gasteiger partial charge < -0.3 is 10.5 Å². The minimum absolute atomic E-state index is 0.160. The van der Waals surface area contributed by atoms with Crippen LogP contribution < -0.4 is 10.5 Å². The number of aromatic nitrogens is 2. The topological polar surface area (TPSA) is 53.1 Å². The highest BCUT2D eigenvalue weighted by Crippen LogP contribution is 2.29. The second-order valence-corrected chi connectivity index (χ2v) is 5.64. The SMILES string of the molecule is COc1ccc(C(CN)c2cc(C)nn2-c2ccccc2)cc1F. The molecule has 1 heterocycles. The molecular weight excluding hydrogens is 305 g/mol. The van der Waals surface area contributed by atoms with Crippen molar-refractivity contribution >= 4 is 0 Å². The molecule has 24 heavy (non-hydrogen) atoms. The molecule has 2 aromatic carbocycles. The number of nitrogens with zero attached hydrogens (tertiary/aromatic N) is 2. The summed E-state index contributed by atoms with van der Waals surface area (Å²) in [7, 11) is 1.45. The summed E-state index contributed by atoms with van der Waals surface area (Å²) >= 11 is 0. The minimum atomic E-state index is -0.393. The van der Waals surface area contributed by atoms with Crippen molar-refractivity contribution in [2.45, 2.75) is 12.8 Å². The molecule has 1 aromatic heterocycles. The van der Waals surface area contributed by atoms with Gasteiger partial charge in [-0.2, -0.15) is 5.10 Å². The number of nitrogens with two attached hydrogens (primary N) is 1. The molecule has 1 atom stereocenters. The van der Waals surface area contributed by atoms with Crippen LogP contribution in [0.4, 0.5) is 4.39 Å². The van der Waals surface area contributed by atoms with Gasteiger partial charge in [0, 0.05) is 12.5 Å². The molecule has 0 aliphatic rings. The summed E-state index contributed by atoms with van der Waals surface area (Å²) in [6.45, 7) is 2.29. The van der Waals surface area contributed by atoms with E-state index in [9.17, 15) is 4.39 Å². The lowest BCUT2D eigenvalue weighted by atomic mass is 9.95. The van der Waals surface area contributed by atoms with E-state index in [4.69, 9.17) is 10.5 Å². The molecule has 1 unspecified atom stereocenters. The average molecular weight is 325 g/mol. The molecule has 0 saturated carbocycles. The van der Waals surface area contributed by atoms with Gasteiger partial charge in [-0.25, -0.2) is 9.07 Å². The van der Waals surface area contributed by atoms with Crippen molar-refractivity contribution < 1.29 is 9.13 Å². The van der Waals surface area contributed by atoms with Gasteiger partial charge in [0.15, 0.2) is 11.6 Å². The lowest BCUT2D eigenvalue weighted by molar-refractivity contribution is 0.386. The number of para-hydroxylation sites is 1. The van der Waals surface area contributed by atoms with Gasteiger partial charge in [0.05, 0.1) is 24.2 Å². The first-order chi connectivity index (χ1) is 11.6. The fourth-order valence-electron chi connectivity index (χ4n) is 2.87. The average Bonchev–Trinajstić information content (AvgIpc) is 2.98. The Labute approximate surface area is 140 Å². The summed E-state index contributed by atoms with van der Waals surface area (Å²) in [5, 5.41) is 4.57. The van der Waals surface area contributed by atoms with Crippen LogP contribution in [0, 0.1) is 12.7 Å². The smallest absolute Gasteiger partial charge is 0.165 e. The maximum Gasteiger partial charge on any atom is 0.165 e. The Bertz CT molecular complexity index is 830. The van der Waals surface area contributed by atoms with E-state index in [0.29, 0.717) is 6.54 Å². The second-order valence-electron chi connectivity index (χ2n) is 5.64. The van der Waals surface area contributed by atoms with Crippen LogP contribution >= 0.6 is 0 Å². The molecule has 2 N–H and O–H groups in total. The van der Waals surface area contributed by atoms with Gasteiger partial charge in [0.25, 0.3) is 0 Å². The molecule has 5 heteroatoms. The van der Waals surface area contributed by atoms with Crippen LogP contribution in [0.2, 0.25) is 0 Å². The molecule has 0 spiro atoms. The number of aryl methyl sites for hydroxylation is 1. The summed E-state index contributed by atoms with van der Waals surface area (Å²) in [5.74, 6) is -0.329. The molecule has 0 aliphatic carbocycles. The normalized spacial score (nSPS) is 12.2. The van der Waals surface area contributed by atoms with Gasteiger partial charge in [-0.05, 0) is 42.8 Å². The first kappa shape index (κ1) is 16.2. The van der Waals surface area contributed by atoms with E-state index in [1.165, 1.54) is 13.2 Å². The zero-order chi connectivity index (χ0) is 17.1. The van der Waals surface area contributed by atoms with Crippen molar-refractivity contribution in [3.63, 3.8) is 0 Å². The predicted molar refractivity (Wildman–Crippen MR) is 92.2 cm³/mol. The van der Waals surface area contributed by atoms with Gasteiger partial charge in [-0.3, -0.25) is 0 Å². The third kappa shape index (κ3) is 3.03. The summed E-state index contributed by atoms with van der Waals surface area (Å²) in [4.78, 5) is 0. The Hall–Kier alpha value is -2.66. The molecule has 3 aromatic rings. The standard InChI is InChI=1S/C19H20FN3O/c1-13-10-18(23(22-13)15-6-4-3-5-7-15)16(12-21)14-8-9-19(24-2)17(20)11-14/h3-11,16H,12,21H2,1-2H3. The van der Waals surface area contributed by atoms with Crippen LogP contribution in [-0.2, 0) is 0 Å². The number of benzene rings is 2. The number of hydrogen-bond acceptors (Lipinski definition) is 3. The lowest BCUT2D eigenvalue weighted by Crippen LogP contribution is -2.18. The molecule has 3 rings (SSSR count). The maximum atomic E-state index is 14.1. The quantitative estimate of drug-likeness (QED) is 0.782. The first-order valence-electron chi connectivity index (χ1n) is 7.79. The number of halogens is 1. The fourth-order valence-corrected chi connectivity index (χ4v) is 2.87. The highest BCUT2D eigenvalue weighted by Gasteiger charge is 2.20. The molecule has 4 nitrogen and oxygen atoms in total. The zero-order valence-corrected chi connectivity index (χ0v) is 13.7. The van der Waals surface area contributed by atoms with E-state index in [2.05, 4.69) is 5.10 Å². The van der Waals surface area contributed by atoms with Crippen LogP contribution in [0.25, 0.3) is 5.69 Å². The van der Waals surface area contributed by atoms with E-state index in [1.807, 2.05) is 54.1 Å². The number of rotatable bonds is 5. The number of ether oxygens (including phenoxy) is 1. The zero-order valence-electron chi connectivity index (χ0n) is 13.7. The van der Waals surface area contributed by atoms with Crippen LogP contribution in [0.15, 0.2) is 54.6 Å². The number of hydrogen-bond donors (Lipinski definition) is 1. The van der Waals surface area contributed by atoms with Gasteiger partial charge >= 0.3 is 0 Å². The van der Waals surface area contributed by atoms with Crippen LogP contribution in [0.1, 0.15) is 22.9 Å². The monoisotopic (exact) mass is 325 g/mol. The fraction of sp³-hybridized carbons (Fsp3) is 0.211. The molecule has 0 bridgehead atoms. The summed E-state index contributed by atoms with van der Waals surface area (Å²) < 4.78 is 21.0. The Morgan fingerprint density at radius 2 is 1.92 bits per heavy atom. The molecule has 0 radical (unpaired) electrons. The third-order valence-corrected chi connectivity index (χ3v) is 4.03. The molecule has 124 valence electrons. The summed E-state index contributed by atoms with van der Waals surface area (Å²) in [6, 6.07) is 16.8. The van der Waals surface area contributed by atoms with E-state index in [-0.39, 0.29) is 11.7 Å². The highest BCUT2D eigenvalue weighted by molar-refractivity contribution is 5.40. The summed E-state index contributed by atoms with van der Waals surface area (Å²) in [6.07, 6.45) is 0. The van der Waals surface area contributed by atoms with Crippen molar-refractivity contribution in [3.05, 3.63) is 77.4 Å². The molecule has 0 amide bonds. The predicted octanol–water partition coefficient (Wildman–Crippen LogP) is 3.42. The lowest BCUT2D eigenvalue weighted by Gasteiger charge is -2.18. The van der Waals surface area contributed by atoms with Crippen LogP contribution in [0.5, 0.6) is 5.75 Å². The van der Waals surface area contributed by atoms with Crippen LogP contribution in [-0.4, -0.2) is 23.4 Å². The maximum absolute atomic E-state index is 14.1. The van der Waals surface area contributed by atoms with E-state index < -0.39 is 5.82 Å². The van der Waals surface area contributed by atoms with E-state index in [1.54, 1.807) is 6.07 Å². The van der Waals surface area contributed by atoms with Crippen molar-refractivity contribution in [2.24, 2.45) is 5.73 Å². The van der Waals surface area contributed by atoms with E-state index in [0.717, 1.165) is 22.6 Å². The van der Waals surface area contributed by atoms with E-state index >= 15 is 0 Å². The molecule has 0 fully saturated rings. The highest BCUT2D eigenvalue weighted by atomic mass is 19.1. The van der Waals surface area contributed by atoms with Gasteiger partial charge in [0.1, 0.15) is 0 Å². The largest absolute Gasteiger partial charge is 0.494 e. The second kappa shape index (κ2) is 6.84. The molecule has 0 saturated heterocycles. The van der Waals surface area contributed by atoms with Crippen LogP contribution in [0.3, 0.4) is 0 Å². The van der Waals surface area contributed by atoms with Gasteiger partial charge in [-0.15, -0.1) is 0 Å². The minimum Gasteiger partial charge on any atom is -0.494 e. The Morgan fingerprint density at radius 1 is 1.17 bits per heavy atom. The van der Waals surface area contributed by atoms with Gasteiger partial charge in [-0.1, -0.05) is 24.3 Å². The van der Waals surface area contributed by atoms with Crippen molar-refractivity contribution in [3.8, 4) is 11.4 Å². The Kier molecular flexibility index (Phi) is 4.62. The Balaban J connectivity index is 2.08. The van der Waals surface area contributed by atoms with Gasteiger partial charge in [0.2, 0.25) is 0 Å². The van der Waals surface area contributed by atoms with Crippen molar-refractivity contribution in [1.29, 1.82) is 0 Å². The molecule has 0 aliphatic heterocycles. The van der Waals surface area contributed by atoms with Crippen molar-refractivity contribution in [2.75, 3.05) is 13.7 Å².